The Balaban J connectivity index is 2.92. The van der Waals surface area contributed by atoms with Gasteiger partial charge in [-0.15, -0.1) is 0 Å². The zero-order valence-electron chi connectivity index (χ0n) is 7.93. The first-order valence-electron chi connectivity index (χ1n) is 3.97. The first-order valence-corrected chi connectivity index (χ1v) is 4.35. The maximum Gasteiger partial charge on any atom is 0.150 e. The van der Waals surface area contributed by atoms with Crippen LogP contribution in [0.4, 0.5) is 4.39 Å². The van der Waals surface area contributed by atoms with Gasteiger partial charge in [-0.25, -0.2) is 4.39 Å². The molecule has 0 aromatic heterocycles. The molecule has 3 nitrogen and oxygen atoms in total. The van der Waals surface area contributed by atoms with Crippen LogP contribution in [-0.4, -0.2) is 14.2 Å². The van der Waals surface area contributed by atoms with Crippen molar-refractivity contribution in [2.75, 3.05) is 14.2 Å². The summed E-state index contributed by atoms with van der Waals surface area (Å²) in [5.41, 5.74) is 2.96. The summed E-state index contributed by atoms with van der Waals surface area (Å²) in [4.78, 5) is 4.61. The zero-order valence-corrected chi connectivity index (χ0v) is 8.69. The Bertz CT molecular complexity index is 320. The Hall–Kier alpha value is -0.840. The van der Waals surface area contributed by atoms with Crippen LogP contribution in [0.1, 0.15) is 5.56 Å². The van der Waals surface area contributed by atoms with Gasteiger partial charge in [0.2, 0.25) is 0 Å². The summed E-state index contributed by atoms with van der Waals surface area (Å²) in [6, 6.07) is 3.20. The number of benzene rings is 1. The first kappa shape index (κ1) is 11.2. The van der Waals surface area contributed by atoms with Gasteiger partial charge in [0, 0.05) is 12.1 Å². The van der Waals surface area contributed by atoms with Crippen molar-refractivity contribution in [2.24, 2.45) is 0 Å². The van der Waals surface area contributed by atoms with Crippen molar-refractivity contribution in [2.45, 2.75) is 6.54 Å². The van der Waals surface area contributed by atoms with Crippen LogP contribution in [0.2, 0.25) is 5.02 Å². The molecule has 0 amide bonds. The molecule has 0 bridgehead atoms. The number of halogens is 2. The summed E-state index contributed by atoms with van der Waals surface area (Å²) in [6.45, 7) is 0.256. The van der Waals surface area contributed by atoms with Crippen molar-refractivity contribution in [1.29, 1.82) is 0 Å². The average Bonchev–Trinajstić information content (AvgIpc) is 2.20. The summed E-state index contributed by atoms with van der Waals surface area (Å²) in [7, 11) is 2.90. The number of methoxy groups -OCH3 is 1. The first-order chi connectivity index (χ1) is 6.70. The van der Waals surface area contributed by atoms with E-state index in [-0.39, 0.29) is 11.6 Å². The van der Waals surface area contributed by atoms with E-state index in [1.165, 1.54) is 14.2 Å². The molecular weight excluding hydrogens is 209 g/mol. The van der Waals surface area contributed by atoms with Crippen LogP contribution in [0.5, 0.6) is 5.75 Å². The number of nitrogens with one attached hydrogen (secondary N) is 1. The van der Waals surface area contributed by atoms with Gasteiger partial charge in [-0.05, 0) is 6.07 Å². The average molecular weight is 220 g/mol. The fraction of sp³-hybridized carbons (Fsp3) is 0.333. The highest BCUT2D eigenvalue weighted by molar-refractivity contribution is 6.32. The van der Waals surface area contributed by atoms with Crippen molar-refractivity contribution < 1.29 is 14.0 Å². The molecule has 0 aliphatic carbocycles. The molecule has 1 rings (SSSR count). The van der Waals surface area contributed by atoms with E-state index in [0.717, 1.165) is 0 Å². The molecule has 0 aliphatic heterocycles. The molecule has 0 fully saturated rings. The van der Waals surface area contributed by atoms with Crippen LogP contribution in [0.25, 0.3) is 0 Å². The number of rotatable bonds is 4. The van der Waals surface area contributed by atoms with Crippen LogP contribution in [0.15, 0.2) is 12.1 Å². The highest BCUT2D eigenvalue weighted by Gasteiger charge is 2.11. The minimum atomic E-state index is -0.490. The van der Waals surface area contributed by atoms with Crippen LogP contribution >= 0.6 is 11.6 Å². The molecule has 0 heterocycles. The van der Waals surface area contributed by atoms with E-state index in [4.69, 9.17) is 16.3 Å². The Morgan fingerprint density at radius 2 is 2.14 bits per heavy atom. The topological polar surface area (TPSA) is 30.5 Å². The van der Waals surface area contributed by atoms with E-state index in [1.807, 2.05) is 0 Å². The lowest BCUT2D eigenvalue weighted by Crippen LogP contribution is -2.12. The summed E-state index contributed by atoms with van der Waals surface area (Å²) in [6.07, 6.45) is 0. The highest BCUT2D eigenvalue weighted by atomic mass is 35.5. The smallest absolute Gasteiger partial charge is 0.150 e. The second-order valence-electron chi connectivity index (χ2n) is 2.58. The lowest BCUT2D eigenvalue weighted by atomic mass is 10.2. The van der Waals surface area contributed by atoms with Crippen molar-refractivity contribution in [3.8, 4) is 5.75 Å². The van der Waals surface area contributed by atoms with E-state index in [2.05, 4.69) is 10.3 Å². The van der Waals surface area contributed by atoms with E-state index < -0.39 is 5.82 Å². The summed E-state index contributed by atoms with van der Waals surface area (Å²) < 4.78 is 18.3. The molecule has 0 saturated carbocycles. The number of ether oxygens (including phenoxy) is 1. The maximum absolute atomic E-state index is 13.5. The van der Waals surface area contributed by atoms with Crippen LogP contribution in [0.3, 0.4) is 0 Å². The lowest BCUT2D eigenvalue weighted by molar-refractivity contribution is 0.0859. The van der Waals surface area contributed by atoms with Crippen LogP contribution in [-0.2, 0) is 11.4 Å². The highest BCUT2D eigenvalue weighted by Crippen LogP contribution is 2.28. The van der Waals surface area contributed by atoms with Crippen molar-refractivity contribution >= 4 is 11.6 Å². The van der Waals surface area contributed by atoms with Crippen LogP contribution < -0.4 is 10.2 Å². The monoisotopic (exact) mass is 219 g/mol. The van der Waals surface area contributed by atoms with Gasteiger partial charge in [-0.2, -0.15) is 5.48 Å². The summed E-state index contributed by atoms with van der Waals surface area (Å²) in [5.74, 6) is -0.166. The molecule has 0 aliphatic rings. The lowest BCUT2D eigenvalue weighted by Gasteiger charge is -2.08. The summed E-state index contributed by atoms with van der Waals surface area (Å²) >= 11 is 5.71. The second kappa shape index (κ2) is 5.14. The van der Waals surface area contributed by atoms with E-state index in [9.17, 15) is 4.39 Å². The molecule has 0 atom stereocenters. The molecule has 0 saturated heterocycles. The summed E-state index contributed by atoms with van der Waals surface area (Å²) in [5, 5.41) is -0.0112. The van der Waals surface area contributed by atoms with Crippen molar-refractivity contribution in [3.63, 3.8) is 0 Å². The molecule has 0 spiro atoms. The Kier molecular flexibility index (Phi) is 4.13. The molecule has 1 aromatic carbocycles. The van der Waals surface area contributed by atoms with Gasteiger partial charge in [0.25, 0.3) is 0 Å². The van der Waals surface area contributed by atoms with Gasteiger partial charge in [-0.3, -0.25) is 0 Å². The predicted molar refractivity (Wildman–Crippen MR) is 51.8 cm³/mol. The molecule has 5 heteroatoms. The molecular formula is C9H11ClFNO2. The van der Waals surface area contributed by atoms with E-state index >= 15 is 0 Å². The van der Waals surface area contributed by atoms with E-state index in [0.29, 0.717) is 11.3 Å². The fourth-order valence-corrected chi connectivity index (χ4v) is 1.28. The number of hydroxylamine groups is 1. The SMILES string of the molecule is CONCc1ccc(OC)c(Cl)c1F. The van der Waals surface area contributed by atoms with Crippen LogP contribution in [0, 0.1) is 5.82 Å². The third-order valence-corrected chi connectivity index (χ3v) is 2.11. The number of hydrogen-bond donors (Lipinski definition) is 1. The largest absolute Gasteiger partial charge is 0.495 e. The number of hydrogen-bond acceptors (Lipinski definition) is 3. The zero-order chi connectivity index (χ0) is 10.6. The Morgan fingerprint density at radius 1 is 1.43 bits per heavy atom. The molecule has 1 N–H and O–H groups in total. The third kappa shape index (κ3) is 2.35. The van der Waals surface area contributed by atoms with Gasteiger partial charge in [0.1, 0.15) is 16.6 Å². The minimum absolute atomic E-state index is 0.0112. The Morgan fingerprint density at radius 3 is 2.71 bits per heavy atom. The van der Waals surface area contributed by atoms with Gasteiger partial charge >= 0.3 is 0 Å². The van der Waals surface area contributed by atoms with Crippen molar-refractivity contribution in [1.82, 2.24) is 5.48 Å². The van der Waals surface area contributed by atoms with Gasteiger partial charge in [0.05, 0.1) is 14.2 Å². The van der Waals surface area contributed by atoms with E-state index in [1.54, 1.807) is 12.1 Å². The van der Waals surface area contributed by atoms with Gasteiger partial charge < -0.3 is 9.57 Å². The van der Waals surface area contributed by atoms with Gasteiger partial charge in [-0.1, -0.05) is 17.7 Å². The predicted octanol–water partition coefficient (Wildman–Crippen LogP) is 2.14. The Labute approximate surface area is 86.7 Å². The molecule has 0 unspecified atom stereocenters. The molecule has 78 valence electrons. The minimum Gasteiger partial charge on any atom is -0.495 e. The molecule has 14 heavy (non-hydrogen) atoms. The fourth-order valence-electron chi connectivity index (χ4n) is 1.02. The van der Waals surface area contributed by atoms with Crippen molar-refractivity contribution in [3.05, 3.63) is 28.5 Å². The maximum atomic E-state index is 13.5. The van der Waals surface area contributed by atoms with Gasteiger partial charge in [0.15, 0.2) is 0 Å². The normalized spacial score (nSPS) is 10.3. The molecule has 1 aromatic rings. The second-order valence-corrected chi connectivity index (χ2v) is 2.96. The molecule has 0 radical (unpaired) electrons. The third-order valence-electron chi connectivity index (χ3n) is 1.75. The quantitative estimate of drug-likeness (QED) is 0.787. The standard InChI is InChI=1S/C9H11ClFNO2/c1-13-7-4-3-6(5-12-14-2)9(11)8(7)10/h3-4,12H,5H2,1-2H3.